The van der Waals surface area contributed by atoms with E-state index in [4.69, 9.17) is 14.2 Å². The van der Waals surface area contributed by atoms with Crippen LogP contribution in [0.5, 0.6) is 0 Å². The SMILES string of the molecule is C/C=C\N=C(C)c1cn([C@@H]2C[C@H](C3CCCN(C(=O)OC(C)(C)C)C3)[C@H]3OC(C)(C)O[C@H]32)c2ncncc12. The summed E-state index contributed by atoms with van der Waals surface area (Å²) < 4.78 is 21.0. The Hall–Kier alpha value is -2.78. The second-order valence-corrected chi connectivity index (χ2v) is 12.3. The standard InChI is InChI=1S/C29H41N5O4/c1-8-11-31-18(2)22-16-34(26-21(22)14-30-17-32-26)23-13-20(24-25(23)37-29(6,7)36-24)19-10-9-12-33(15-19)27(35)38-28(3,4)5/h8,11,14,16-17,19-20,23-25H,9-10,12-13,15H2,1-7H3/b11-8-,31-18?/t19?,20-,23-,24-,25+/m1/s1. The van der Waals surface area contributed by atoms with Crippen LogP contribution in [0.25, 0.3) is 11.0 Å². The lowest BCUT2D eigenvalue weighted by molar-refractivity contribution is -0.163. The van der Waals surface area contributed by atoms with Gasteiger partial charge in [0.25, 0.3) is 0 Å². The lowest BCUT2D eigenvalue weighted by Crippen LogP contribution is -2.46. The first-order chi connectivity index (χ1) is 18.0. The summed E-state index contributed by atoms with van der Waals surface area (Å²) in [7, 11) is 0. The number of amides is 1. The molecule has 2 aromatic rings. The fourth-order valence-corrected chi connectivity index (χ4v) is 6.36. The van der Waals surface area contributed by atoms with E-state index in [-0.39, 0.29) is 30.3 Å². The Morgan fingerprint density at radius 2 is 2.03 bits per heavy atom. The van der Waals surface area contributed by atoms with Crippen LogP contribution in [0.1, 0.15) is 79.3 Å². The Labute approximate surface area is 225 Å². The molecule has 3 aliphatic rings. The van der Waals surface area contributed by atoms with E-state index in [1.165, 1.54) is 0 Å². The monoisotopic (exact) mass is 523 g/mol. The summed E-state index contributed by atoms with van der Waals surface area (Å²) in [5.41, 5.74) is 2.30. The van der Waals surface area contributed by atoms with Crippen LogP contribution in [0.4, 0.5) is 4.79 Å². The fourth-order valence-electron chi connectivity index (χ4n) is 6.36. The van der Waals surface area contributed by atoms with Gasteiger partial charge in [-0.25, -0.2) is 14.8 Å². The third kappa shape index (κ3) is 5.23. The molecule has 9 nitrogen and oxygen atoms in total. The highest BCUT2D eigenvalue weighted by molar-refractivity contribution is 6.09. The Bertz CT molecular complexity index is 1240. The number of carbonyl (C=O) groups excluding carboxylic acids is 1. The van der Waals surface area contributed by atoms with Gasteiger partial charge in [0.2, 0.25) is 0 Å². The number of carbonyl (C=O) groups is 1. The maximum absolute atomic E-state index is 12.9. The summed E-state index contributed by atoms with van der Waals surface area (Å²) in [6, 6.07) is 0.0457. The number of nitrogens with zero attached hydrogens (tertiary/aromatic N) is 5. The first-order valence-corrected chi connectivity index (χ1v) is 13.8. The van der Waals surface area contributed by atoms with Crippen molar-refractivity contribution in [2.75, 3.05) is 13.1 Å². The molecule has 5 rings (SSSR count). The molecule has 0 bridgehead atoms. The maximum Gasteiger partial charge on any atom is 0.410 e. The number of ether oxygens (including phenoxy) is 3. The van der Waals surface area contributed by atoms with Crippen LogP contribution in [-0.2, 0) is 14.2 Å². The van der Waals surface area contributed by atoms with E-state index in [2.05, 4.69) is 25.7 Å². The molecule has 0 N–H and O–H groups in total. The van der Waals surface area contributed by atoms with E-state index >= 15 is 0 Å². The molecule has 0 radical (unpaired) electrons. The normalized spacial score (nSPS) is 29.8. The van der Waals surface area contributed by atoms with E-state index in [1.54, 1.807) is 12.5 Å². The summed E-state index contributed by atoms with van der Waals surface area (Å²) in [5, 5.41) is 0.977. The van der Waals surface area contributed by atoms with E-state index < -0.39 is 11.4 Å². The molecule has 2 aromatic heterocycles. The van der Waals surface area contributed by atoms with E-state index in [9.17, 15) is 4.79 Å². The summed E-state index contributed by atoms with van der Waals surface area (Å²) >= 11 is 0. The van der Waals surface area contributed by atoms with Crippen molar-refractivity contribution in [3.05, 3.63) is 36.6 Å². The number of aliphatic imine (C=N–C) groups is 1. The van der Waals surface area contributed by atoms with Crippen LogP contribution in [-0.4, -0.2) is 67.9 Å². The molecule has 9 heteroatoms. The highest BCUT2D eigenvalue weighted by atomic mass is 16.8. The molecule has 38 heavy (non-hydrogen) atoms. The van der Waals surface area contributed by atoms with Crippen molar-refractivity contribution in [1.29, 1.82) is 0 Å². The summed E-state index contributed by atoms with van der Waals surface area (Å²) in [6.07, 6.45) is 11.8. The predicted molar refractivity (Wildman–Crippen MR) is 146 cm³/mol. The lowest BCUT2D eigenvalue weighted by Gasteiger charge is -2.38. The molecule has 5 atom stereocenters. The molecule has 1 saturated carbocycles. The average molecular weight is 524 g/mol. The lowest BCUT2D eigenvalue weighted by atomic mass is 9.83. The molecule has 1 amide bonds. The number of rotatable bonds is 4. The number of hydrogen-bond acceptors (Lipinski definition) is 7. The molecule has 3 fully saturated rings. The summed E-state index contributed by atoms with van der Waals surface area (Å²) in [5.74, 6) is -0.117. The maximum atomic E-state index is 12.9. The van der Waals surface area contributed by atoms with E-state index in [1.807, 2.05) is 65.6 Å². The van der Waals surface area contributed by atoms with E-state index in [0.29, 0.717) is 12.5 Å². The van der Waals surface area contributed by atoms with Gasteiger partial charge in [-0.15, -0.1) is 0 Å². The molecule has 1 aliphatic carbocycles. The first kappa shape index (κ1) is 26.8. The summed E-state index contributed by atoms with van der Waals surface area (Å²) in [4.78, 5) is 28.3. The quantitative estimate of drug-likeness (QED) is 0.492. The third-order valence-electron chi connectivity index (χ3n) is 7.85. The van der Waals surface area contributed by atoms with Crippen molar-refractivity contribution < 1.29 is 19.0 Å². The van der Waals surface area contributed by atoms with Gasteiger partial charge in [0.15, 0.2) is 5.79 Å². The van der Waals surface area contributed by atoms with Gasteiger partial charge in [0.1, 0.15) is 23.7 Å². The molecular formula is C29H41N5O4. The second-order valence-electron chi connectivity index (χ2n) is 12.3. The molecule has 0 aromatic carbocycles. The zero-order valence-corrected chi connectivity index (χ0v) is 23.7. The highest BCUT2D eigenvalue weighted by Gasteiger charge is 2.57. The van der Waals surface area contributed by atoms with Gasteiger partial charge in [0, 0.05) is 48.3 Å². The minimum Gasteiger partial charge on any atom is -0.444 e. The van der Waals surface area contributed by atoms with Crippen LogP contribution < -0.4 is 0 Å². The van der Waals surface area contributed by atoms with Crippen LogP contribution in [0, 0.1) is 11.8 Å². The minimum atomic E-state index is -0.671. The largest absolute Gasteiger partial charge is 0.444 e. The highest BCUT2D eigenvalue weighted by Crippen LogP contribution is 2.51. The first-order valence-electron chi connectivity index (χ1n) is 13.8. The number of aromatic nitrogens is 3. The van der Waals surface area contributed by atoms with E-state index in [0.717, 1.165) is 48.1 Å². The average Bonchev–Trinajstić information content (AvgIpc) is 3.50. The van der Waals surface area contributed by atoms with Crippen molar-refractivity contribution in [3.63, 3.8) is 0 Å². The van der Waals surface area contributed by atoms with Gasteiger partial charge < -0.3 is 23.7 Å². The zero-order chi connectivity index (χ0) is 27.2. The Morgan fingerprint density at radius 1 is 1.26 bits per heavy atom. The molecular weight excluding hydrogens is 482 g/mol. The Kier molecular flexibility index (Phi) is 7.11. The second kappa shape index (κ2) is 10.1. The van der Waals surface area contributed by atoms with Crippen molar-refractivity contribution >= 4 is 22.8 Å². The summed E-state index contributed by atoms with van der Waals surface area (Å²) in [6.45, 7) is 15.1. The van der Waals surface area contributed by atoms with Crippen molar-refractivity contribution in [3.8, 4) is 0 Å². The number of hydrogen-bond donors (Lipinski definition) is 0. The number of likely N-dealkylation sites (tertiary alicyclic amines) is 1. The smallest absolute Gasteiger partial charge is 0.410 e. The van der Waals surface area contributed by atoms with Crippen LogP contribution in [0.15, 0.2) is 36.0 Å². The molecule has 4 heterocycles. The van der Waals surface area contributed by atoms with Gasteiger partial charge in [-0.3, -0.25) is 4.99 Å². The van der Waals surface area contributed by atoms with Gasteiger partial charge in [-0.1, -0.05) is 6.08 Å². The minimum absolute atomic E-state index is 0.0457. The van der Waals surface area contributed by atoms with Crippen molar-refractivity contribution in [2.45, 2.75) is 97.4 Å². The number of allylic oxidation sites excluding steroid dienone is 1. The van der Waals surface area contributed by atoms with Gasteiger partial charge in [0.05, 0.1) is 12.1 Å². The van der Waals surface area contributed by atoms with Crippen LogP contribution in [0.3, 0.4) is 0 Å². The van der Waals surface area contributed by atoms with Crippen LogP contribution in [0.2, 0.25) is 0 Å². The molecule has 2 saturated heterocycles. The predicted octanol–water partition coefficient (Wildman–Crippen LogP) is 5.50. The number of piperidine rings is 1. The Balaban J connectivity index is 1.47. The number of fused-ring (bicyclic) bond motifs is 2. The van der Waals surface area contributed by atoms with Crippen molar-refractivity contribution in [2.24, 2.45) is 16.8 Å². The zero-order valence-electron chi connectivity index (χ0n) is 23.7. The van der Waals surface area contributed by atoms with Gasteiger partial charge in [-0.05, 0) is 79.6 Å². The molecule has 2 aliphatic heterocycles. The molecule has 206 valence electrons. The van der Waals surface area contributed by atoms with Crippen LogP contribution >= 0.6 is 0 Å². The third-order valence-corrected chi connectivity index (χ3v) is 7.85. The fraction of sp³-hybridized carbons (Fsp3) is 0.655. The van der Waals surface area contributed by atoms with Crippen molar-refractivity contribution in [1.82, 2.24) is 19.4 Å². The van der Waals surface area contributed by atoms with Gasteiger partial charge >= 0.3 is 6.09 Å². The molecule has 1 unspecified atom stereocenters. The van der Waals surface area contributed by atoms with Gasteiger partial charge in [-0.2, -0.15) is 0 Å². The topological polar surface area (TPSA) is 91.1 Å². The molecule has 0 spiro atoms. The Morgan fingerprint density at radius 3 is 2.76 bits per heavy atom.